The molecule has 5 heteroatoms. The van der Waals surface area contributed by atoms with Gasteiger partial charge in [0.05, 0.1) is 0 Å². The first-order valence-electron chi connectivity index (χ1n) is 5.57. The second-order valence-electron chi connectivity index (χ2n) is 3.90. The van der Waals surface area contributed by atoms with Gasteiger partial charge in [0.25, 0.3) is 0 Å². The van der Waals surface area contributed by atoms with Gasteiger partial charge in [-0.1, -0.05) is 36.5 Å². The van der Waals surface area contributed by atoms with Crippen molar-refractivity contribution in [2.24, 2.45) is 5.73 Å². The number of thiocarbonyl (C=S) groups is 1. The van der Waals surface area contributed by atoms with Crippen molar-refractivity contribution in [2.75, 3.05) is 5.32 Å². The predicted molar refractivity (Wildman–Crippen MR) is 76.4 cm³/mol. The van der Waals surface area contributed by atoms with E-state index in [0.717, 1.165) is 0 Å². The minimum absolute atomic E-state index is 0.246. The number of nitrogens with zero attached hydrogens (tertiary/aromatic N) is 2. The summed E-state index contributed by atoms with van der Waals surface area (Å²) in [6.07, 6.45) is 3.19. The number of benzene rings is 1. The van der Waals surface area contributed by atoms with Crippen molar-refractivity contribution >= 4 is 23.0 Å². The summed E-state index contributed by atoms with van der Waals surface area (Å²) < 4.78 is 0. The molecule has 0 bridgehead atoms. The highest BCUT2D eigenvalue weighted by Crippen LogP contribution is 2.12. The van der Waals surface area contributed by atoms with E-state index in [1.807, 2.05) is 12.1 Å². The number of hydrogen-bond donors (Lipinski definition) is 2. The molecule has 1 aromatic carbocycles. The van der Waals surface area contributed by atoms with E-state index in [1.165, 1.54) is 11.1 Å². The van der Waals surface area contributed by atoms with Gasteiger partial charge in [-0.2, -0.15) is 0 Å². The molecule has 2 aromatic rings. The fourth-order valence-corrected chi connectivity index (χ4v) is 1.78. The van der Waals surface area contributed by atoms with Crippen LogP contribution in [0.5, 0.6) is 0 Å². The van der Waals surface area contributed by atoms with Gasteiger partial charge < -0.3 is 11.1 Å². The molecule has 0 radical (unpaired) electrons. The Balaban J connectivity index is 2.16. The quantitative estimate of drug-likeness (QED) is 0.822. The standard InChI is InChI=1S/C13H14N4S/c1-9-4-2-3-5-10(9)8-17-13-11(12(14)18)15-6-7-16-13/h2-7H,8H2,1H3,(H2,14,18)(H,16,17). The van der Waals surface area contributed by atoms with E-state index in [9.17, 15) is 0 Å². The van der Waals surface area contributed by atoms with E-state index in [4.69, 9.17) is 18.0 Å². The van der Waals surface area contributed by atoms with Crippen molar-refractivity contribution in [2.45, 2.75) is 13.5 Å². The third-order valence-corrected chi connectivity index (χ3v) is 2.83. The Labute approximate surface area is 111 Å². The minimum Gasteiger partial charge on any atom is -0.388 e. The second kappa shape index (κ2) is 5.55. The lowest BCUT2D eigenvalue weighted by molar-refractivity contribution is 1.06. The first kappa shape index (κ1) is 12.4. The number of anilines is 1. The van der Waals surface area contributed by atoms with E-state index >= 15 is 0 Å². The molecular weight excluding hydrogens is 244 g/mol. The van der Waals surface area contributed by atoms with Crippen molar-refractivity contribution in [3.63, 3.8) is 0 Å². The number of rotatable bonds is 4. The maximum atomic E-state index is 5.60. The van der Waals surface area contributed by atoms with Crippen LogP contribution in [0.25, 0.3) is 0 Å². The first-order chi connectivity index (χ1) is 8.68. The topological polar surface area (TPSA) is 63.8 Å². The highest BCUT2D eigenvalue weighted by atomic mass is 32.1. The number of nitrogens with one attached hydrogen (secondary N) is 1. The summed E-state index contributed by atoms with van der Waals surface area (Å²) in [5, 5.41) is 3.21. The van der Waals surface area contributed by atoms with Crippen LogP contribution in [-0.2, 0) is 6.54 Å². The van der Waals surface area contributed by atoms with Crippen molar-refractivity contribution in [3.05, 3.63) is 53.5 Å². The van der Waals surface area contributed by atoms with Crippen LogP contribution in [0.2, 0.25) is 0 Å². The Hall–Kier alpha value is -2.01. The lowest BCUT2D eigenvalue weighted by atomic mass is 10.1. The van der Waals surface area contributed by atoms with Gasteiger partial charge in [0, 0.05) is 18.9 Å². The first-order valence-corrected chi connectivity index (χ1v) is 5.98. The van der Waals surface area contributed by atoms with E-state index in [0.29, 0.717) is 18.1 Å². The predicted octanol–water partition coefficient (Wildman–Crippen LogP) is 2.03. The minimum atomic E-state index is 0.246. The molecule has 1 aromatic heterocycles. The SMILES string of the molecule is Cc1ccccc1CNc1nccnc1C(N)=S. The van der Waals surface area contributed by atoms with E-state index in [2.05, 4.69) is 34.3 Å². The van der Waals surface area contributed by atoms with Gasteiger partial charge >= 0.3 is 0 Å². The van der Waals surface area contributed by atoms with Crippen LogP contribution in [0, 0.1) is 6.92 Å². The zero-order valence-electron chi connectivity index (χ0n) is 10.1. The lowest BCUT2D eigenvalue weighted by Crippen LogP contribution is -2.16. The number of aromatic nitrogens is 2. The molecule has 0 aliphatic carbocycles. The maximum absolute atomic E-state index is 5.60. The molecule has 0 fully saturated rings. The normalized spacial score (nSPS) is 10.1. The van der Waals surface area contributed by atoms with Gasteiger partial charge in [-0.15, -0.1) is 0 Å². The van der Waals surface area contributed by atoms with Crippen LogP contribution in [-0.4, -0.2) is 15.0 Å². The molecule has 18 heavy (non-hydrogen) atoms. The molecule has 4 nitrogen and oxygen atoms in total. The van der Waals surface area contributed by atoms with Crippen molar-refractivity contribution in [1.29, 1.82) is 0 Å². The van der Waals surface area contributed by atoms with Crippen LogP contribution in [0.4, 0.5) is 5.82 Å². The smallest absolute Gasteiger partial charge is 0.155 e. The van der Waals surface area contributed by atoms with Crippen molar-refractivity contribution in [1.82, 2.24) is 9.97 Å². The summed E-state index contributed by atoms with van der Waals surface area (Å²) in [7, 11) is 0. The van der Waals surface area contributed by atoms with Gasteiger partial charge in [-0.3, -0.25) is 0 Å². The lowest BCUT2D eigenvalue weighted by Gasteiger charge is -2.10. The van der Waals surface area contributed by atoms with E-state index in [1.54, 1.807) is 12.4 Å². The second-order valence-corrected chi connectivity index (χ2v) is 4.34. The van der Waals surface area contributed by atoms with Gasteiger partial charge in [0.1, 0.15) is 10.7 Å². The van der Waals surface area contributed by atoms with Crippen LogP contribution < -0.4 is 11.1 Å². The molecule has 0 saturated carbocycles. The van der Waals surface area contributed by atoms with Crippen molar-refractivity contribution in [3.8, 4) is 0 Å². The monoisotopic (exact) mass is 258 g/mol. The zero-order chi connectivity index (χ0) is 13.0. The summed E-state index contributed by atoms with van der Waals surface area (Å²) in [5.41, 5.74) is 8.56. The van der Waals surface area contributed by atoms with Crippen LogP contribution in [0.15, 0.2) is 36.7 Å². The summed E-state index contributed by atoms with van der Waals surface area (Å²) in [6, 6.07) is 8.16. The molecule has 0 saturated heterocycles. The Morgan fingerprint density at radius 2 is 2.00 bits per heavy atom. The summed E-state index contributed by atoms with van der Waals surface area (Å²) in [6.45, 7) is 2.74. The molecule has 0 amide bonds. The summed E-state index contributed by atoms with van der Waals surface area (Å²) in [5.74, 6) is 0.619. The van der Waals surface area contributed by atoms with Crippen LogP contribution in [0.1, 0.15) is 16.8 Å². The third-order valence-electron chi connectivity index (χ3n) is 2.64. The van der Waals surface area contributed by atoms with E-state index < -0.39 is 0 Å². The van der Waals surface area contributed by atoms with Gasteiger partial charge in [0.15, 0.2) is 5.82 Å². The average Bonchev–Trinajstić information content (AvgIpc) is 2.38. The largest absolute Gasteiger partial charge is 0.388 e. The zero-order valence-corrected chi connectivity index (χ0v) is 10.9. The molecule has 0 aliphatic rings. The Bertz CT molecular complexity index is 568. The average molecular weight is 258 g/mol. The van der Waals surface area contributed by atoms with Gasteiger partial charge in [-0.25, -0.2) is 9.97 Å². The number of aryl methyl sites for hydroxylation is 1. The number of hydrogen-bond acceptors (Lipinski definition) is 4. The third kappa shape index (κ3) is 2.81. The summed E-state index contributed by atoms with van der Waals surface area (Å²) >= 11 is 4.94. The molecule has 0 spiro atoms. The summed E-state index contributed by atoms with van der Waals surface area (Å²) in [4.78, 5) is 8.57. The van der Waals surface area contributed by atoms with Crippen LogP contribution in [0.3, 0.4) is 0 Å². The molecule has 1 heterocycles. The Morgan fingerprint density at radius 1 is 1.28 bits per heavy atom. The Kier molecular flexibility index (Phi) is 3.84. The molecule has 0 aliphatic heterocycles. The van der Waals surface area contributed by atoms with Crippen molar-refractivity contribution < 1.29 is 0 Å². The molecule has 0 atom stereocenters. The molecule has 3 N–H and O–H groups in total. The highest BCUT2D eigenvalue weighted by Gasteiger charge is 2.07. The number of nitrogens with two attached hydrogens (primary N) is 1. The highest BCUT2D eigenvalue weighted by molar-refractivity contribution is 7.80. The van der Waals surface area contributed by atoms with Crippen LogP contribution >= 0.6 is 12.2 Å². The maximum Gasteiger partial charge on any atom is 0.155 e. The van der Waals surface area contributed by atoms with E-state index in [-0.39, 0.29) is 4.99 Å². The van der Waals surface area contributed by atoms with Gasteiger partial charge in [-0.05, 0) is 18.1 Å². The Morgan fingerprint density at radius 3 is 2.72 bits per heavy atom. The fourth-order valence-electron chi connectivity index (χ4n) is 1.64. The molecular formula is C13H14N4S. The fraction of sp³-hybridized carbons (Fsp3) is 0.154. The molecule has 0 unspecified atom stereocenters. The molecule has 92 valence electrons. The molecule has 2 rings (SSSR count). The van der Waals surface area contributed by atoms with Gasteiger partial charge in [0.2, 0.25) is 0 Å².